The summed E-state index contributed by atoms with van der Waals surface area (Å²) in [6, 6.07) is 19.2. The quantitative estimate of drug-likeness (QED) is 0.536. The van der Waals surface area contributed by atoms with Crippen LogP contribution in [0.15, 0.2) is 72.8 Å². The van der Waals surface area contributed by atoms with E-state index in [4.69, 9.17) is 5.11 Å². The summed E-state index contributed by atoms with van der Waals surface area (Å²) in [6.07, 6.45) is 0. The van der Waals surface area contributed by atoms with E-state index in [0.29, 0.717) is 28.8 Å². The fourth-order valence-corrected chi connectivity index (χ4v) is 3.08. The largest absolute Gasteiger partial charge is 0.478 e. The van der Waals surface area contributed by atoms with Crippen molar-refractivity contribution in [3.8, 4) is 0 Å². The van der Waals surface area contributed by atoms with Crippen molar-refractivity contribution >= 4 is 28.5 Å². The van der Waals surface area contributed by atoms with Gasteiger partial charge in [0.1, 0.15) is 11.5 Å². The smallest absolute Gasteiger partial charge is 0.335 e. The molecule has 0 radical (unpaired) electrons. The van der Waals surface area contributed by atoms with Crippen LogP contribution >= 0.6 is 0 Å². The molecule has 2 N–H and O–H groups in total. The number of aromatic nitrogens is 2. The molecule has 0 spiro atoms. The van der Waals surface area contributed by atoms with Gasteiger partial charge < -0.3 is 10.4 Å². The highest BCUT2D eigenvalue weighted by Gasteiger charge is 2.19. The molecule has 144 valence electrons. The van der Waals surface area contributed by atoms with E-state index in [1.54, 1.807) is 16.8 Å². The molecule has 0 aliphatic carbocycles. The summed E-state index contributed by atoms with van der Waals surface area (Å²) in [6.45, 7) is 0.301. The van der Waals surface area contributed by atoms with E-state index in [0.717, 1.165) is 5.56 Å². The maximum Gasteiger partial charge on any atom is 0.335 e. The van der Waals surface area contributed by atoms with Gasteiger partial charge in [-0.15, -0.1) is 0 Å². The lowest BCUT2D eigenvalue weighted by Gasteiger charge is -2.09. The van der Waals surface area contributed by atoms with Gasteiger partial charge in [-0.05, 0) is 48.0 Å². The first-order valence-electron chi connectivity index (χ1n) is 8.86. The molecule has 4 rings (SSSR count). The second kappa shape index (κ2) is 7.55. The highest BCUT2D eigenvalue weighted by molar-refractivity contribution is 6.11. The molecule has 0 aliphatic heterocycles. The van der Waals surface area contributed by atoms with Crippen LogP contribution in [0.4, 0.5) is 10.1 Å². The molecule has 1 aromatic heterocycles. The number of nitrogens with one attached hydrogen (secondary N) is 1. The number of hydrogen-bond donors (Lipinski definition) is 2. The minimum absolute atomic E-state index is 0.134. The Bertz CT molecular complexity index is 1200. The zero-order chi connectivity index (χ0) is 20.4. The normalized spacial score (nSPS) is 10.8. The molecule has 29 heavy (non-hydrogen) atoms. The lowest BCUT2D eigenvalue weighted by Crippen LogP contribution is -2.18. The highest BCUT2D eigenvalue weighted by atomic mass is 19.1. The molecule has 3 aromatic carbocycles. The number of aromatic carboxylic acids is 1. The molecular weight excluding hydrogens is 373 g/mol. The fourth-order valence-electron chi connectivity index (χ4n) is 3.08. The number of hydrogen-bond acceptors (Lipinski definition) is 3. The van der Waals surface area contributed by atoms with Crippen LogP contribution in [-0.2, 0) is 6.54 Å². The molecule has 1 heterocycles. The van der Waals surface area contributed by atoms with E-state index in [-0.39, 0.29) is 17.3 Å². The minimum Gasteiger partial charge on any atom is -0.478 e. The van der Waals surface area contributed by atoms with Crippen molar-refractivity contribution in [2.75, 3.05) is 5.32 Å². The average Bonchev–Trinajstić information content (AvgIpc) is 3.08. The summed E-state index contributed by atoms with van der Waals surface area (Å²) in [5.41, 5.74) is 2.45. The number of amides is 1. The topological polar surface area (TPSA) is 84.2 Å². The van der Waals surface area contributed by atoms with Crippen LogP contribution in [0.2, 0.25) is 0 Å². The number of carbonyl (C=O) groups excluding carboxylic acids is 1. The maximum absolute atomic E-state index is 13.2. The first kappa shape index (κ1) is 18.4. The Labute approximate surface area is 165 Å². The Morgan fingerprint density at radius 1 is 0.966 bits per heavy atom. The Balaban J connectivity index is 1.68. The van der Waals surface area contributed by atoms with E-state index in [2.05, 4.69) is 10.4 Å². The van der Waals surface area contributed by atoms with Gasteiger partial charge in [-0.3, -0.25) is 9.48 Å². The zero-order valence-electron chi connectivity index (χ0n) is 15.2. The van der Waals surface area contributed by atoms with Crippen molar-refractivity contribution in [3.05, 3.63) is 95.4 Å². The van der Waals surface area contributed by atoms with Gasteiger partial charge in [0, 0.05) is 11.1 Å². The van der Waals surface area contributed by atoms with Crippen LogP contribution < -0.4 is 5.32 Å². The molecule has 6 nitrogen and oxygen atoms in total. The van der Waals surface area contributed by atoms with Crippen molar-refractivity contribution in [2.24, 2.45) is 0 Å². The van der Waals surface area contributed by atoms with Gasteiger partial charge in [0.25, 0.3) is 5.91 Å². The monoisotopic (exact) mass is 389 g/mol. The molecule has 1 amide bonds. The molecule has 0 saturated heterocycles. The SMILES string of the molecule is O=C(O)c1ccc(NC(=O)c2c3ccccc3nn2Cc2ccc(F)cc2)cc1. The van der Waals surface area contributed by atoms with Gasteiger partial charge in [0.15, 0.2) is 0 Å². The molecule has 4 aromatic rings. The number of carbonyl (C=O) groups is 2. The van der Waals surface area contributed by atoms with Crippen LogP contribution in [0.1, 0.15) is 26.4 Å². The van der Waals surface area contributed by atoms with Crippen molar-refractivity contribution in [1.82, 2.24) is 9.78 Å². The van der Waals surface area contributed by atoms with Crippen molar-refractivity contribution in [3.63, 3.8) is 0 Å². The lowest BCUT2D eigenvalue weighted by molar-refractivity contribution is 0.0696. The van der Waals surface area contributed by atoms with Crippen LogP contribution in [0.5, 0.6) is 0 Å². The van der Waals surface area contributed by atoms with E-state index in [1.165, 1.54) is 36.4 Å². The Morgan fingerprint density at radius 3 is 2.34 bits per heavy atom. The first-order chi connectivity index (χ1) is 14.0. The number of halogens is 1. The predicted octanol–water partition coefficient (Wildman–Crippen LogP) is 4.17. The minimum atomic E-state index is -1.04. The van der Waals surface area contributed by atoms with Gasteiger partial charge in [-0.25, -0.2) is 9.18 Å². The van der Waals surface area contributed by atoms with Crippen molar-refractivity contribution in [1.29, 1.82) is 0 Å². The molecule has 0 atom stereocenters. The van der Waals surface area contributed by atoms with E-state index in [9.17, 15) is 14.0 Å². The molecule has 0 saturated carbocycles. The van der Waals surface area contributed by atoms with Gasteiger partial charge in [0.05, 0.1) is 17.6 Å². The van der Waals surface area contributed by atoms with Crippen LogP contribution in [0.3, 0.4) is 0 Å². The number of benzene rings is 3. The Hall–Kier alpha value is -4.00. The maximum atomic E-state index is 13.2. The number of nitrogens with zero attached hydrogens (tertiary/aromatic N) is 2. The summed E-state index contributed by atoms with van der Waals surface area (Å²) >= 11 is 0. The van der Waals surface area contributed by atoms with Gasteiger partial charge in [0.2, 0.25) is 0 Å². The Morgan fingerprint density at radius 2 is 1.66 bits per heavy atom. The van der Waals surface area contributed by atoms with Crippen LogP contribution in [-0.4, -0.2) is 26.8 Å². The Kier molecular flexibility index (Phi) is 4.78. The standard InChI is InChI=1S/C22H16FN3O3/c23-16-9-5-14(6-10-16)13-26-20(18-3-1-2-4-19(18)25-26)21(27)24-17-11-7-15(8-12-17)22(28)29/h1-12H,13H2,(H,24,27)(H,28,29). The number of rotatable bonds is 5. The molecule has 7 heteroatoms. The first-order valence-corrected chi connectivity index (χ1v) is 8.86. The van der Waals surface area contributed by atoms with E-state index >= 15 is 0 Å². The predicted molar refractivity (Wildman–Crippen MR) is 107 cm³/mol. The third kappa shape index (κ3) is 3.84. The molecular formula is C22H16FN3O3. The van der Waals surface area contributed by atoms with Crippen molar-refractivity contribution in [2.45, 2.75) is 6.54 Å². The number of carboxylic acids is 1. The van der Waals surface area contributed by atoms with Gasteiger partial charge in [-0.1, -0.05) is 30.3 Å². The third-order valence-corrected chi connectivity index (χ3v) is 4.50. The number of fused-ring (bicyclic) bond motifs is 1. The summed E-state index contributed by atoms with van der Waals surface area (Å²) in [7, 11) is 0. The van der Waals surface area contributed by atoms with E-state index in [1.807, 2.05) is 24.3 Å². The third-order valence-electron chi connectivity index (χ3n) is 4.50. The summed E-state index contributed by atoms with van der Waals surface area (Å²) in [5.74, 6) is -1.74. The highest BCUT2D eigenvalue weighted by Crippen LogP contribution is 2.21. The lowest BCUT2D eigenvalue weighted by atomic mass is 10.1. The molecule has 0 fully saturated rings. The van der Waals surface area contributed by atoms with E-state index < -0.39 is 5.97 Å². The fraction of sp³-hybridized carbons (Fsp3) is 0.0455. The average molecular weight is 389 g/mol. The molecule has 0 bridgehead atoms. The summed E-state index contributed by atoms with van der Waals surface area (Å²) in [5, 5.41) is 17.0. The summed E-state index contributed by atoms with van der Waals surface area (Å²) in [4.78, 5) is 24.0. The second-order valence-electron chi connectivity index (χ2n) is 6.49. The number of anilines is 1. The van der Waals surface area contributed by atoms with Crippen LogP contribution in [0.25, 0.3) is 10.9 Å². The zero-order valence-corrected chi connectivity index (χ0v) is 15.2. The van der Waals surface area contributed by atoms with Crippen LogP contribution in [0, 0.1) is 5.82 Å². The summed E-state index contributed by atoms with van der Waals surface area (Å²) < 4.78 is 14.8. The molecule has 0 unspecified atom stereocenters. The van der Waals surface area contributed by atoms with Gasteiger partial charge >= 0.3 is 5.97 Å². The second-order valence-corrected chi connectivity index (χ2v) is 6.49. The van der Waals surface area contributed by atoms with Gasteiger partial charge in [-0.2, -0.15) is 5.10 Å². The number of carboxylic acid groups (broad SMARTS) is 1. The molecule has 0 aliphatic rings. The van der Waals surface area contributed by atoms with Crippen molar-refractivity contribution < 1.29 is 19.1 Å².